The zero-order valence-electron chi connectivity index (χ0n) is 12.6. The first-order valence-electron chi connectivity index (χ1n) is 7.33. The van der Waals surface area contributed by atoms with Crippen LogP contribution >= 0.6 is 0 Å². The molecule has 4 nitrogen and oxygen atoms in total. The molecule has 1 aromatic rings. The Morgan fingerprint density at radius 3 is 2.53 bits per heavy atom. The molecule has 1 atom stereocenters. The van der Waals surface area contributed by atoms with Crippen molar-refractivity contribution in [3.63, 3.8) is 0 Å². The third kappa shape index (κ3) is 5.05. The average Bonchev–Trinajstić information content (AvgIpc) is 2.34. The van der Waals surface area contributed by atoms with Gasteiger partial charge in [0, 0.05) is 0 Å². The van der Waals surface area contributed by atoms with Gasteiger partial charge in [-0.1, -0.05) is 40.0 Å². The van der Waals surface area contributed by atoms with Crippen LogP contribution in [0.3, 0.4) is 0 Å². The summed E-state index contributed by atoms with van der Waals surface area (Å²) in [6.07, 6.45) is 7.73. The summed E-state index contributed by atoms with van der Waals surface area (Å²) in [5.41, 5.74) is 6.83. The first-order chi connectivity index (χ1) is 9.06. The predicted octanol–water partition coefficient (Wildman–Crippen LogP) is 3.92. The van der Waals surface area contributed by atoms with Crippen molar-refractivity contribution >= 4 is 5.82 Å². The Morgan fingerprint density at radius 2 is 1.89 bits per heavy atom. The third-order valence-corrected chi connectivity index (χ3v) is 3.23. The van der Waals surface area contributed by atoms with Crippen LogP contribution in [0.25, 0.3) is 0 Å². The van der Waals surface area contributed by atoms with E-state index in [9.17, 15) is 0 Å². The summed E-state index contributed by atoms with van der Waals surface area (Å²) in [4.78, 5) is 8.27. The van der Waals surface area contributed by atoms with E-state index in [0.29, 0.717) is 11.7 Å². The highest BCUT2D eigenvalue weighted by molar-refractivity contribution is 5.46. The van der Waals surface area contributed by atoms with Crippen LogP contribution in [0, 0.1) is 0 Å². The standard InChI is InChI=1S/C15H27N3O/c1-5-6-7-8-9-12(4)19-15-13(11(2)3)14(16)17-10-18-15/h10-12H,5-9H2,1-4H3,(H2,16,17,18). The molecule has 0 saturated carbocycles. The fourth-order valence-corrected chi connectivity index (χ4v) is 2.14. The molecule has 0 saturated heterocycles. The number of anilines is 1. The van der Waals surface area contributed by atoms with Gasteiger partial charge in [-0.05, 0) is 25.7 Å². The lowest BCUT2D eigenvalue weighted by atomic mass is 10.1. The molecule has 4 heteroatoms. The molecule has 2 N–H and O–H groups in total. The molecule has 0 bridgehead atoms. The van der Waals surface area contributed by atoms with Crippen LogP contribution in [-0.4, -0.2) is 16.1 Å². The number of hydrogen-bond acceptors (Lipinski definition) is 4. The predicted molar refractivity (Wildman–Crippen MR) is 79.4 cm³/mol. The normalized spacial score (nSPS) is 12.7. The molecule has 1 heterocycles. The third-order valence-electron chi connectivity index (χ3n) is 3.23. The smallest absolute Gasteiger partial charge is 0.222 e. The zero-order valence-corrected chi connectivity index (χ0v) is 12.6. The lowest BCUT2D eigenvalue weighted by molar-refractivity contribution is 0.195. The molecule has 1 rings (SSSR count). The van der Waals surface area contributed by atoms with Crippen molar-refractivity contribution in [2.75, 3.05) is 5.73 Å². The van der Waals surface area contributed by atoms with E-state index < -0.39 is 0 Å². The van der Waals surface area contributed by atoms with E-state index in [0.717, 1.165) is 12.0 Å². The average molecular weight is 265 g/mol. The number of aromatic nitrogens is 2. The fourth-order valence-electron chi connectivity index (χ4n) is 2.14. The Balaban J connectivity index is 2.58. The van der Waals surface area contributed by atoms with Crippen molar-refractivity contribution in [2.24, 2.45) is 0 Å². The van der Waals surface area contributed by atoms with Crippen molar-refractivity contribution in [1.82, 2.24) is 9.97 Å². The summed E-state index contributed by atoms with van der Waals surface area (Å²) < 4.78 is 5.94. The molecule has 0 aliphatic carbocycles. The van der Waals surface area contributed by atoms with Gasteiger partial charge in [0.1, 0.15) is 12.1 Å². The number of rotatable bonds is 8. The highest BCUT2D eigenvalue weighted by Crippen LogP contribution is 2.29. The molecule has 0 amide bonds. The monoisotopic (exact) mass is 265 g/mol. The molecule has 0 spiro atoms. The molecule has 0 aliphatic rings. The molecule has 0 aromatic carbocycles. The van der Waals surface area contributed by atoms with E-state index >= 15 is 0 Å². The molecule has 19 heavy (non-hydrogen) atoms. The SMILES string of the molecule is CCCCCCC(C)Oc1ncnc(N)c1C(C)C. The van der Waals surface area contributed by atoms with E-state index in [1.165, 1.54) is 32.0 Å². The van der Waals surface area contributed by atoms with Crippen LogP contribution in [0.1, 0.15) is 71.3 Å². The lowest BCUT2D eigenvalue weighted by Crippen LogP contribution is -2.15. The Hall–Kier alpha value is -1.32. The second-order valence-corrected chi connectivity index (χ2v) is 5.41. The van der Waals surface area contributed by atoms with Crippen molar-refractivity contribution in [2.45, 2.75) is 71.8 Å². The Bertz CT molecular complexity index is 380. The van der Waals surface area contributed by atoms with Gasteiger partial charge in [-0.2, -0.15) is 0 Å². The van der Waals surface area contributed by atoms with Gasteiger partial charge in [-0.15, -0.1) is 0 Å². The number of ether oxygens (including phenoxy) is 1. The van der Waals surface area contributed by atoms with Crippen LogP contribution < -0.4 is 10.5 Å². The first kappa shape index (κ1) is 15.7. The van der Waals surface area contributed by atoms with Gasteiger partial charge in [-0.3, -0.25) is 0 Å². The molecule has 108 valence electrons. The van der Waals surface area contributed by atoms with Gasteiger partial charge in [0.15, 0.2) is 0 Å². The second-order valence-electron chi connectivity index (χ2n) is 5.41. The maximum Gasteiger partial charge on any atom is 0.222 e. The largest absolute Gasteiger partial charge is 0.474 e. The van der Waals surface area contributed by atoms with E-state index in [2.05, 4.69) is 37.7 Å². The molecule has 1 unspecified atom stereocenters. The van der Waals surface area contributed by atoms with Crippen LogP contribution in [-0.2, 0) is 0 Å². The minimum atomic E-state index is 0.170. The summed E-state index contributed by atoms with van der Waals surface area (Å²) in [6.45, 7) is 8.47. The number of hydrogen-bond donors (Lipinski definition) is 1. The van der Waals surface area contributed by atoms with Gasteiger partial charge in [-0.25, -0.2) is 9.97 Å². The topological polar surface area (TPSA) is 61.0 Å². The minimum Gasteiger partial charge on any atom is -0.474 e. The summed E-state index contributed by atoms with van der Waals surface area (Å²) >= 11 is 0. The lowest BCUT2D eigenvalue weighted by Gasteiger charge is -2.18. The fraction of sp³-hybridized carbons (Fsp3) is 0.733. The minimum absolute atomic E-state index is 0.170. The van der Waals surface area contributed by atoms with E-state index in [4.69, 9.17) is 10.5 Å². The van der Waals surface area contributed by atoms with E-state index in [1.54, 1.807) is 0 Å². The first-order valence-corrected chi connectivity index (χ1v) is 7.33. The number of nitrogens with zero attached hydrogens (tertiary/aromatic N) is 2. The molecule has 0 aliphatic heterocycles. The van der Waals surface area contributed by atoms with Gasteiger partial charge in [0.2, 0.25) is 5.88 Å². The summed E-state index contributed by atoms with van der Waals surface area (Å²) in [6, 6.07) is 0. The van der Waals surface area contributed by atoms with E-state index in [-0.39, 0.29) is 12.0 Å². The number of nitrogen functional groups attached to an aromatic ring is 1. The van der Waals surface area contributed by atoms with Crippen LogP contribution in [0.5, 0.6) is 5.88 Å². The van der Waals surface area contributed by atoms with Crippen molar-refractivity contribution < 1.29 is 4.74 Å². The molecular weight excluding hydrogens is 238 g/mol. The molecule has 0 radical (unpaired) electrons. The van der Waals surface area contributed by atoms with Gasteiger partial charge >= 0.3 is 0 Å². The maximum atomic E-state index is 5.94. The quantitative estimate of drug-likeness (QED) is 0.724. The second kappa shape index (κ2) is 7.97. The highest BCUT2D eigenvalue weighted by atomic mass is 16.5. The van der Waals surface area contributed by atoms with E-state index in [1.807, 2.05) is 0 Å². The summed E-state index contributed by atoms with van der Waals surface area (Å²) in [5, 5.41) is 0. The van der Waals surface area contributed by atoms with Crippen LogP contribution in [0.2, 0.25) is 0 Å². The van der Waals surface area contributed by atoms with Crippen molar-refractivity contribution in [1.29, 1.82) is 0 Å². The van der Waals surface area contributed by atoms with Crippen molar-refractivity contribution in [3.05, 3.63) is 11.9 Å². The van der Waals surface area contributed by atoms with Crippen LogP contribution in [0.4, 0.5) is 5.82 Å². The highest BCUT2D eigenvalue weighted by Gasteiger charge is 2.16. The van der Waals surface area contributed by atoms with Gasteiger partial charge in [0.25, 0.3) is 0 Å². The Labute approximate surface area is 116 Å². The van der Waals surface area contributed by atoms with Gasteiger partial charge < -0.3 is 10.5 Å². The summed E-state index contributed by atoms with van der Waals surface area (Å²) in [5.74, 6) is 1.44. The maximum absolute atomic E-state index is 5.94. The Morgan fingerprint density at radius 1 is 1.16 bits per heavy atom. The van der Waals surface area contributed by atoms with Crippen LogP contribution in [0.15, 0.2) is 6.33 Å². The molecule has 1 aromatic heterocycles. The Kier molecular flexibility index (Phi) is 6.60. The van der Waals surface area contributed by atoms with Gasteiger partial charge in [0.05, 0.1) is 11.7 Å². The molecule has 0 fully saturated rings. The number of unbranched alkanes of at least 4 members (excludes halogenated alkanes) is 3. The molecular formula is C15H27N3O. The zero-order chi connectivity index (χ0) is 14.3. The number of nitrogens with two attached hydrogens (primary N) is 1. The summed E-state index contributed by atoms with van der Waals surface area (Å²) in [7, 11) is 0. The van der Waals surface area contributed by atoms with Crippen molar-refractivity contribution in [3.8, 4) is 5.88 Å².